The molecule has 1 atom stereocenters. The molecular formula is C20H22N8O. The molecule has 0 spiro atoms. The van der Waals surface area contributed by atoms with Crippen LogP contribution >= 0.6 is 0 Å². The van der Waals surface area contributed by atoms with Gasteiger partial charge in [-0.15, -0.1) is 0 Å². The normalized spacial score (nSPS) is 18.9. The largest absolute Gasteiger partial charge is 0.383 e. The number of nitrogens with zero attached hydrogens (tertiary/aromatic N) is 6. The molecule has 0 saturated heterocycles. The average molecular weight is 390 g/mol. The van der Waals surface area contributed by atoms with Crippen molar-refractivity contribution < 1.29 is 4.74 Å². The summed E-state index contributed by atoms with van der Waals surface area (Å²) in [4.78, 5) is 9.38. The Labute approximate surface area is 167 Å². The van der Waals surface area contributed by atoms with E-state index in [4.69, 9.17) is 9.72 Å². The fraction of sp³-hybridized carbons (Fsp3) is 0.300. The molecule has 9 heteroatoms. The van der Waals surface area contributed by atoms with Crippen LogP contribution in [-0.2, 0) is 4.74 Å². The van der Waals surface area contributed by atoms with Gasteiger partial charge in [-0.05, 0) is 13.0 Å². The van der Waals surface area contributed by atoms with Crippen LogP contribution in [0.25, 0.3) is 27.8 Å². The topological polar surface area (TPSA) is 95.7 Å². The number of hydrogen-bond acceptors (Lipinski definition) is 7. The summed E-state index contributed by atoms with van der Waals surface area (Å²) in [6.45, 7) is 4.23. The second-order valence-corrected chi connectivity index (χ2v) is 7.47. The number of anilines is 1. The Morgan fingerprint density at radius 2 is 2.28 bits per heavy atom. The predicted octanol–water partition coefficient (Wildman–Crippen LogP) is 2.39. The van der Waals surface area contributed by atoms with Gasteiger partial charge in [-0.3, -0.25) is 10.1 Å². The summed E-state index contributed by atoms with van der Waals surface area (Å²) in [6.07, 6.45) is 9.43. The summed E-state index contributed by atoms with van der Waals surface area (Å²) in [6, 6.07) is 6.15. The lowest BCUT2D eigenvalue weighted by atomic mass is 10.1. The van der Waals surface area contributed by atoms with Crippen molar-refractivity contribution in [3.8, 4) is 11.3 Å². The zero-order valence-electron chi connectivity index (χ0n) is 16.3. The van der Waals surface area contributed by atoms with Crippen molar-refractivity contribution in [2.75, 3.05) is 32.1 Å². The van der Waals surface area contributed by atoms with Crippen molar-refractivity contribution >= 4 is 28.6 Å². The Morgan fingerprint density at radius 1 is 1.34 bits per heavy atom. The lowest BCUT2D eigenvalue weighted by Gasteiger charge is -2.25. The Morgan fingerprint density at radius 3 is 3.17 bits per heavy atom. The molecule has 0 bridgehead atoms. The Bertz CT molecular complexity index is 1200. The molecule has 1 unspecified atom stereocenters. The minimum absolute atomic E-state index is 0.348. The second-order valence-electron chi connectivity index (χ2n) is 7.47. The van der Waals surface area contributed by atoms with Crippen LogP contribution in [0.15, 0.2) is 48.1 Å². The lowest BCUT2D eigenvalue weighted by molar-refractivity contribution is 0.152. The van der Waals surface area contributed by atoms with E-state index in [9.17, 15) is 0 Å². The number of aromatic nitrogens is 5. The Balaban J connectivity index is 1.49. The fourth-order valence-electron chi connectivity index (χ4n) is 3.60. The summed E-state index contributed by atoms with van der Waals surface area (Å²) in [5.74, 6) is 0.722. The molecular weight excluding hydrogens is 368 g/mol. The van der Waals surface area contributed by atoms with Crippen molar-refractivity contribution in [2.24, 2.45) is 5.10 Å². The number of ether oxygens (including phenoxy) is 1. The molecule has 3 aromatic heterocycles. The quantitative estimate of drug-likeness (QED) is 0.525. The monoisotopic (exact) mass is 390 g/mol. The highest BCUT2D eigenvalue weighted by molar-refractivity contribution is 5.84. The first-order chi connectivity index (χ1) is 14.1. The number of aromatic amines is 1. The van der Waals surface area contributed by atoms with Gasteiger partial charge in [0.05, 0.1) is 48.9 Å². The second kappa shape index (κ2) is 6.85. The van der Waals surface area contributed by atoms with E-state index in [-0.39, 0.29) is 5.54 Å². The van der Waals surface area contributed by atoms with Crippen LogP contribution in [0.4, 0.5) is 5.82 Å². The van der Waals surface area contributed by atoms with Crippen molar-refractivity contribution in [3.05, 3.63) is 43.0 Å². The van der Waals surface area contributed by atoms with E-state index in [0.717, 1.165) is 46.7 Å². The van der Waals surface area contributed by atoms with E-state index in [0.29, 0.717) is 6.61 Å². The van der Waals surface area contributed by atoms with Crippen molar-refractivity contribution in [2.45, 2.75) is 12.5 Å². The van der Waals surface area contributed by atoms with Gasteiger partial charge in [-0.25, -0.2) is 9.97 Å². The van der Waals surface area contributed by atoms with E-state index in [1.165, 1.54) is 0 Å². The zero-order chi connectivity index (χ0) is 19.8. The highest BCUT2D eigenvalue weighted by Crippen LogP contribution is 2.27. The molecule has 2 N–H and O–H groups in total. The van der Waals surface area contributed by atoms with Crippen molar-refractivity contribution in [1.29, 1.82) is 0 Å². The molecule has 1 aromatic carbocycles. The van der Waals surface area contributed by atoms with Crippen LogP contribution in [0.1, 0.15) is 6.92 Å². The van der Waals surface area contributed by atoms with Gasteiger partial charge in [0.25, 0.3) is 0 Å². The van der Waals surface area contributed by atoms with Gasteiger partial charge >= 0.3 is 0 Å². The lowest BCUT2D eigenvalue weighted by Crippen LogP contribution is -2.42. The standard InChI is InChI=1S/C20H22N8O/c1-20(12-23-28(13-20)7-8-29-2)25-18-19-21-5-6-27(19)11-17(24-18)14-3-4-15-10-22-26-16(15)9-14/h3-6,9-12H,7-8,13H2,1-2H3,(H,22,26)(H,24,25). The summed E-state index contributed by atoms with van der Waals surface area (Å²) >= 11 is 0. The molecule has 4 heterocycles. The minimum atomic E-state index is -0.348. The fourth-order valence-corrected chi connectivity index (χ4v) is 3.60. The number of methoxy groups -OCH3 is 1. The summed E-state index contributed by atoms with van der Waals surface area (Å²) in [5.41, 5.74) is 3.27. The van der Waals surface area contributed by atoms with Gasteiger partial charge in [0.1, 0.15) is 0 Å². The molecule has 0 aliphatic carbocycles. The first kappa shape index (κ1) is 17.6. The molecule has 0 fully saturated rings. The van der Waals surface area contributed by atoms with E-state index in [1.807, 2.05) is 40.3 Å². The maximum atomic E-state index is 5.16. The van der Waals surface area contributed by atoms with Crippen LogP contribution < -0.4 is 5.32 Å². The summed E-state index contributed by atoms with van der Waals surface area (Å²) in [7, 11) is 1.70. The summed E-state index contributed by atoms with van der Waals surface area (Å²) < 4.78 is 7.14. The van der Waals surface area contributed by atoms with Crippen LogP contribution in [0, 0.1) is 0 Å². The predicted molar refractivity (Wildman–Crippen MR) is 112 cm³/mol. The highest BCUT2D eigenvalue weighted by atomic mass is 16.5. The molecule has 0 amide bonds. The molecule has 5 rings (SSSR count). The average Bonchev–Trinajstić information content (AvgIpc) is 3.45. The van der Waals surface area contributed by atoms with Crippen molar-refractivity contribution in [3.63, 3.8) is 0 Å². The van der Waals surface area contributed by atoms with Crippen LogP contribution in [0.5, 0.6) is 0 Å². The first-order valence-corrected chi connectivity index (χ1v) is 9.48. The zero-order valence-corrected chi connectivity index (χ0v) is 16.3. The van der Waals surface area contributed by atoms with Gasteiger partial charge in [-0.2, -0.15) is 10.2 Å². The van der Waals surface area contributed by atoms with Gasteiger partial charge in [0, 0.05) is 36.7 Å². The minimum Gasteiger partial charge on any atom is -0.383 e. The maximum Gasteiger partial charge on any atom is 0.180 e. The smallest absolute Gasteiger partial charge is 0.180 e. The molecule has 1 aliphatic heterocycles. The van der Waals surface area contributed by atoms with E-state index in [2.05, 4.69) is 44.7 Å². The van der Waals surface area contributed by atoms with Gasteiger partial charge in [0.2, 0.25) is 0 Å². The Hall–Kier alpha value is -3.46. The molecule has 4 aromatic rings. The third-order valence-corrected chi connectivity index (χ3v) is 5.09. The third-order valence-electron chi connectivity index (χ3n) is 5.09. The van der Waals surface area contributed by atoms with Crippen LogP contribution in [-0.4, -0.2) is 68.1 Å². The SMILES string of the molecule is COCCN1CC(C)(Nc2nc(-c3ccc4cn[nH]c4c3)cn3ccnc23)C=N1. The molecule has 0 radical (unpaired) electrons. The van der Waals surface area contributed by atoms with Crippen LogP contribution in [0.3, 0.4) is 0 Å². The Kier molecular flexibility index (Phi) is 4.17. The number of benzene rings is 1. The number of rotatable bonds is 6. The number of nitrogens with one attached hydrogen (secondary N) is 2. The summed E-state index contributed by atoms with van der Waals surface area (Å²) in [5, 5.41) is 18.2. The number of hydrazone groups is 1. The molecule has 1 aliphatic rings. The molecule has 9 nitrogen and oxygen atoms in total. The molecule has 29 heavy (non-hydrogen) atoms. The van der Waals surface area contributed by atoms with E-state index < -0.39 is 0 Å². The maximum absolute atomic E-state index is 5.16. The van der Waals surface area contributed by atoms with Crippen molar-refractivity contribution in [1.82, 2.24) is 29.6 Å². The van der Waals surface area contributed by atoms with E-state index >= 15 is 0 Å². The van der Waals surface area contributed by atoms with E-state index in [1.54, 1.807) is 13.3 Å². The molecule has 0 saturated carbocycles. The number of fused-ring (bicyclic) bond motifs is 2. The molecule has 148 valence electrons. The third kappa shape index (κ3) is 3.29. The number of H-pyrrole nitrogens is 1. The van der Waals surface area contributed by atoms with Gasteiger partial charge in [-0.1, -0.05) is 12.1 Å². The number of imidazole rings is 1. The first-order valence-electron chi connectivity index (χ1n) is 9.48. The van der Waals surface area contributed by atoms with Gasteiger partial charge in [0.15, 0.2) is 11.5 Å². The van der Waals surface area contributed by atoms with Gasteiger partial charge < -0.3 is 14.5 Å². The number of hydrogen-bond donors (Lipinski definition) is 2. The van der Waals surface area contributed by atoms with Crippen LogP contribution in [0.2, 0.25) is 0 Å². The highest BCUT2D eigenvalue weighted by Gasteiger charge is 2.31.